The number of carbonyl (C=O) groups excluding carboxylic acids is 2. The lowest BCUT2D eigenvalue weighted by molar-refractivity contribution is -0.119. The van der Waals surface area contributed by atoms with Gasteiger partial charge in [-0.1, -0.05) is 40.2 Å². The van der Waals surface area contributed by atoms with Crippen molar-refractivity contribution in [2.45, 2.75) is 6.10 Å². The number of amides is 2. The molecule has 8 heteroatoms. The lowest BCUT2D eigenvalue weighted by atomic mass is 10.3. The van der Waals surface area contributed by atoms with E-state index in [1.165, 1.54) is 11.8 Å². The van der Waals surface area contributed by atoms with E-state index in [-0.39, 0.29) is 36.5 Å². The third-order valence-electron chi connectivity index (χ3n) is 3.30. The molecule has 0 saturated heterocycles. The van der Waals surface area contributed by atoms with Gasteiger partial charge in [0.2, 0.25) is 11.8 Å². The molecule has 2 aromatic rings. The first-order valence-corrected chi connectivity index (χ1v) is 10.2. The summed E-state index contributed by atoms with van der Waals surface area (Å²) in [4.78, 5) is 23.6. The van der Waals surface area contributed by atoms with Gasteiger partial charge in [-0.25, -0.2) is 0 Å². The highest BCUT2D eigenvalue weighted by Crippen LogP contribution is 2.16. The molecule has 0 bridgehead atoms. The number of anilines is 1. The van der Waals surface area contributed by atoms with E-state index >= 15 is 0 Å². The Hall–Kier alpha value is -2.03. The molecule has 3 N–H and O–H groups in total. The van der Waals surface area contributed by atoms with Gasteiger partial charge in [0.15, 0.2) is 0 Å². The average molecular weight is 453 g/mol. The van der Waals surface area contributed by atoms with Crippen LogP contribution in [0.2, 0.25) is 0 Å². The van der Waals surface area contributed by atoms with Crippen LogP contribution in [-0.2, 0) is 9.59 Å². The van der Waals surface area contributed by atoms with Crippen molar-refractivity contribution < 1.29 is 19.4 Å². The number of aliphatic hydroxyl groups excluding tert-OH is 1. The Morgan fingerprint density at radius 3 is 2.56 bits per heavy atom. The van der Waals surface area contributed by atoms with Crippen LogP contribution in [0.25, 0.3) is 0 Å². The first-order valence-electron chi connectivity index (χ1n) is 8.28. The number of hydrogen-bond acceptors (Lipinski definition) is 5. The summed E-state index contributed by atoms with van der Waals surface area (Å²) in [6.45, 7) is 0.183. The molecule has 6 nitrogen and oxygen atoms in total. The smallest absolute Gasteiger partial charge is 0.234 e. The highest BCUT2D eigenvalue weighted by molar-refractivity contribution is 9.10. The Bertz CT molecular complexity index is 745. The zero-order valence-electron chi connectivity index (χ0n) is 14.6. The van der Waals surface area contributed by atoms with Gasteiger partial charge in [0.25, 0.3) is 0 Å². The standard InChI is InChI=1S/C19H21BrN2O4S/c20-14-5-4-6-15(9-14)22-19(25)13-27-12-18(24)21-10-16(23)11-26-17-7-2-1-3-8-17/h1-9,16,23H,10-13H2,(H,21,24)(H,22,25). The Morgan fingerprint density at radius 1 is 1.07 bits per heavy atom. The third-order valence-corrected chi connectivity index (χ3v) is 4.72. The van der Waals surface area contributed by atoms with Crippen LogP contribution in [0.15, 0.2) is 59.1 Å². The topological polar surface area (TPSA) is 87.7 Å². The van der Waals surface area contributed by atoms with E-state index in [9.17, 15) is 14.7 Å². The van der Waals surface area contributed by atoms with Gasteiger partial charge < -0.3 is 20.5 Å². The molecule has 0 saturated carbocycles. The molecule has 0 radical (unpaired) electrons. The van der Waals surface area contributed by atoms with Crippen molar-refractivity contribution in [2.75, 3.05) is 30.0 Å². The van der Waals surface area contributed by atoms with E-state index in [0.29, 0.717) is 11.4 Å². The van der Waals surface area contributed by atoms with Crippen molar-refractivity contribution in [1.29, 1.82) is 0 Å². The average Bonchev–Trinajstić information content (AvgIpc) is 2.65. The number of nitrogens with one attached hydrogen (secondary N) is 2. The number of benzene rings is 2. The van der Waals surface area contributed by atoms with E-state index in [1.54, 1.807) is 24.3 Å². The lowest BCUT2D eigenvalue weighted by Crippen LogP contribution is -2.36. The number of carbonyl (C=O) groups is 2. The highest BCUT2D eigenvalue weighted by Gasteiger charge is 2.10. The van der Waals surface area contributed by atoms with E-state index in [1.807, 2.05) is 30.3 Å². The van der Waals surface area contributed by atoms with Crippen molar-refractivity contribution in [2.24, 2.45) is 0 Å². The minimum absolute atomic E-state index is 0.0898. The molecule has 144 valence electrons. The molecule has 0 aromatic heterocycles. The number of rotatable bonds is 10. The molecule has 2 rings (SSSR count). The maximum absolute atomic E-state index is 11.9. The summed E-state index contributed by atoms with van der Waals surface area (Å²) in [5.74, 6) is 0.545. The van der Waals surface area contributed by atoms with Gasteiger partial charge >= 0.3 is 0 Å². The quantitative estimate of drug-likeness (QED) is 0.515. The predicted octanol–water partition coefficient (Wildman–Crippen LogP) is 2.68. The maximum Gasteiger partial charge on any atom is 0.234 e. The molecule has 0 fully saturated rings. The van der Waals surface area contributed by atoms with Crippen molar-refractivity contribution in [3.63, 3.8) is 0 Å². The Morgan fingerprint density at radius 2 is 1.81 bits per heavy atom. The minimum Gasteiger partial charge on any atom is -0.491 e. The molecule has 0 aliphatic carbocycles. The van der Waals surface area contributed by atoms with Crippen LogP contribution >= 0.6 is 27.7 Å². The molecule has 1 atom stereocenters. The van der Waals surface area contributed by atoms with Crippen LogP contribution < -0.4 is 15.4 Å². The molecule has 2 aromatic carbocycles. The fourth-order valence-corrected chi connectivity index (χ4v) is 3.10. The summed E-state index contributed by atoms with van der Waals surface area (Å²) >= 11 is 4.54. The fraction of sp³-hybridized carbons (Fsp3) is 0.263. The Labute approximate surface area is 170 Å². The molecule has 0 aliphatic rings. The molecule has 1 unspecified atom stereocenters. The molecule has 0 aliphatic heterocycles. The number of thioether (sulfide) groups is 1. The number of ether oxygens (including phenoxy) is 1. The van der Waals surface area contributed by atoms with Crippen LogP contribution in [0.3, 0.4) is 0 Å². The largest absolute Gasteiger partial charge is 0.491 e. The SMILES string of the molecule is O=C(CSCC(=O)Nc1cccc(Br)c1)NCC(O)COc1ccccc1. The monoisotopic (exact) mass is 452 g/mol. The van der Waals surface area contributed by atoms with Crippen molar-refractivity contribution in [3.05, 3.63) is 59.1 Å². The van der Waals surface area contributed by atoms with Crippen molar-refractivity contribution >= 4 is 45.2 Å². The molecule has 2 amide bonds. The zero-order chi connectivity index (χ0) is 19.5. The minimum atomic E-state index is -0.806. The Balaban J connectivity index is 1.56. The first-order chi connectivity index (χ1) is 13.0. The molecular formula is C19H21BrN2O4S. The van der Waals surface area contributed by atoms with Gasteiger partial charge in [0.05, 0.1) is 11.5 Å². The normalized spacial score (nSPS) is 11.5. The van der Waals surface area contributed by atoms with E-state index < -0.39 is 6.10 Å². The summed E-state index contributed by atoms with van der Waals surface area (Å²) < 4.78 is 6.29. The first kappa shape index (κ1) is 21.3. The van der Waals surface area contributed by atoms with Crippen molar-refractivity contribution in [3.8, 4) is 5.75 Å². The van der Waals surface area contributed by atoms with Gasteiger partial charge in [0, 0.05) is 16.7 Å². The van der Waals surface area contributed by atoms with Crippen LogP contribution in [0.1, 0.15) is 0 Å². The van der Waals surface area contributed by atoms with Crippen LogP contribution in [0.4, 0.5) is 5.69 Å². The fourth-order valence-electron chi connectivity index (χ4n) is 2.05. The molecule has 27 heavy (non-hydrogen) atoms. The summed E-state index contributed by atoms with van der Waals surface area (Å²) in [5, 5.41) is 15.2. The highest BCUT2D eigenvalue weighted by atomic mass is 79.9. The van der Waals surface area contributed by atoms with Crippen LogP contribution in [0.5, 0.6) is 5.75 Å². The van der Waals surface area contributed by atoms with Gasteiger partial charge in [0.1, 0.15) is 18.5 Å². The number of hydrogen-bond donors (Lipinski definition) is 3. The second-order valence-electron chi connectivity index (χ2n) is 5.63. The second-order valence-corrected chi connectivity index (χ2v) is 7.53. The second kappa shape index (κ2) is 11.6. The van der Waals surface area contributed by atoms with E-state index in [2.05, 4.69) is 26.6 Å². The van der Waals surface area contributed by atoms with Gasteiger partial charge in [-0.2, -0.15) is 0 Å². The van der Waals surface area contributed by atoms with Crippen LogP contribution in [0, 0.1) is 0 Å². The predicted molar refractivity (Wildman–Crippen MR) is 111 cm³/mol. The molecule has 0 heterocycles. The summed E-state index contributed by atoms with van der Waals surface area (Å²) in [6, 6.07) is 16.4. The van der Waals surface area contributed by atoms with E-state index in [4.69, 9.17) is 4.74 Å². The summed E-state index contributed by atoms with van der Waals surface area (Å²) in [6.07, 6.45) is -0.806. The van der Waals surface area contributed by atoms with Gasteiger partial charge in [-0.15, -0.1) is 11.8 Å². The van der Waals surface area contributed by atoms with E-state index in [0.717, 1.165) is 4.47 Å². The maximum atomic E-state index is 11.9. The van der Waals surface area contributed by atoms with Gasteiger partial charge in [-0.05, 0) is 30.3 Å². The summed E-state index contributed by atoms with van der Waals surface area (Å²) in [5.41, 5.74) is 0.695. The number of para-hydroxylation sites is 1. The Kier molecular flexibility index (Phi) is 9.17. The molecular weight excluding hydrogens is 432 g/mol. The zero-order valence-corrected chi connectivity index (χ0v) is 17.0. The molecule has 0 spiro atoms. The lowest BCUT2D eigenvalue weighted by Gasteiger charge is -2.13. The number of halogens is 1. The van der Waals surface area contributed by atoms with Crippen LogP contribution in [-0.4, -0.2) is 47.7 Å². The summed E-state index contributed by atoms with van der Waals surface area (Å²) in [7, 11) is 0. The number of aliphatic hydroxyl groups is 1. The third kappa shape index (κ3) is 8.94. The van der Waals surface area contributed by atoms with Crippen molar-refractivity contribution in [1.82, 2.24) is 5.32 Å². The van der Waals surface area contributed by atoms with Gasteiger partial charge in [-0.3, -0.25) is 9.59 Å².